The molecule has 0 bridgehead atoms. The molecule has 64 valence electrons. The van der Waals surface area contributed by atoms with Crippen LogP contribution >= 0.6 is 0 Å². The standard InChI is InChI=1S/C8H14O3/c1-4-7(3)11-8(10)6(2)5-9/h5,7,9H,4H2,1-3H3. The first-order chi connectivity index (χ1) is 5.11. The van der Waals surface area contributed by atoms with Crippen molar-refractivity contribution in [3.05, 3.63) is 11.8 Å². The predicted molar refractivity (Wildman–Crippen MR) is 42.2 cm³/mol. The molecule has 0 rings (SSSR count). The minimum absolute atomic E-state index is 0.0857. The van der Waals surface area contributed by atoms with Gasteiger partial charge < -0.3 is 9.84 Å². The molecular weight excluding hydrogens is 144 g/mol. The molecule has 0 heterocycles. The second-order valence-electron chi connectivity index (χ2n) is 2.44. The normalized spacial score (nSPS) is 14.3. The lowest BCUT2D eigenvalue weighted by molar-refractivity contribution is -0.143. The summed E-state index contributed by atoms with van der Waals surface area (Å²) in [7, 11) is 0. The summed E-state index contributed by atoms with van der Waals surface area (Å²) in [5.74, 6) is -0.457. The Morgan fingerprint density at radius 2 is 2.27 bits per heavy atom. The van der Waals surface area contributed by atoms with Gasteiger partial charge in [0.25, 0.3) is 0 Å². The number of ether oxygens (including phenoxy) is 1. The molecule has 0 aliphatic rings. The van der Waals surface area contributed by atoms with Gasteiger partial charge in [0.1, 0.15) is 0 Å². The first-order valence-electron chi connectivity index (χ1n) is 3.63. The molecular formula is C8H14O3. The maximum absolute atomic E-state index is 10.9. The van der Waals surface area contributed by atoms with Crippen LogP contribution in [0.5, 0.6) is 0 Å². The number of esters is 1. The number of hydrogen-bond donors (Lipinski definition) is 1. The Morgan fingerprint density at radius 3 is 2.64 bits per heavy atom. The first-order valence-corrected chi connectivity index (χ1v) is 3.63. The van der Waals surface area contributed by atoms with Gasteiger partial charge in [-0.05, 0) is 20.3 Å². The van der Waals surface area contributed by atoms with Gasteiger partial charge in [0.2, 0.25) is 0 Å². The monoisotopic (exact) mass is 158 g/mol. The van der Waals surface area contributed by atoms with Crippen LogP contribution in [0, 0.1) is 0 Å². The summed E-state index contributed by atoms with van der Waals surface area (Å²) in [6.45, 7) is 5.24. The molecule has 0 aromatic heterocycles. The Labute approximate surface area is 66.7 Å². The molecule has 0 saturated heterocycles. The number of hydrogen-bond acceptors (Lipinski definition) is 3. The van der Waals surface area contributed by atoms with Gasteiger partial charge in [-0.25, -0.2) is 4.79 Å². The van der Waals surface area contributed by atoms with Crippen LogP contribution in [0.2, 0.25) is 0 Å². The summed E-state index contributed by atoms with van der Waals surface area (Å²) in [4.78, 5) is 10.9. The number of aliphatic hydroxyl groups excluding tert-OH is 1. The van der Waals surface area contributed by atoms with E-state index in [1.807, 2.05) is 13.8 Å². The van der Waals surface area contributed by atoms with Gasteiger partial charge in [0.05, 0.1) is 17.9 Å². The second kappa shape index (κ2) is 4.77. The Kier molecular flexibility index (Phi) is 4.34. The number of aliphatic hydroxyl groups is 1. The third-order valence-corrected chi connectivity index (χ3v) is 1.40. The van der Waals surface area contributed by atoms with Crippen molar-refractivity contribution >= 4 is 5.97 Å². The van der Waals surface area contributed by atoms with Crippen molar-refractivity contribution in [3.63, 3.8) is 0 Å². The number of carbonyl (C=O) groups excluding carboxylic acids is 1. The molecule has 3 nitrogen and oxygen atoms in total. The van der Waals surface area contributed by atoms with Crippen molar-refractivity contribution < 1.29 is 14.6 Å². The van der Waals surface area contributed by atoms with Crippen LogP contribution in [-0.4, -0.2) is 17.2 Å². The molecule has 0 aliphatic carbocycles. The molecule has 0 amide bonds. The molecule has 11 heavy (non-hydrogen) atoms. The lowest BCUT2D eigenvalue weighted by Gasteiger charge is -2.09. The highest BCUT2D eigenvalue weighted by Crippen LogP contribution is 2.01. The van der Waals surface area contributed by atoms with E-state index in [2.05, 4.69) is 0 Å². The summed E-state index contributed by atoms with van der Waals surface area (Å²) in [5.41, 5.74) is 0.227. The van der Waals surface area contributed by atoms with E-state index in [4.69, 9.17) is 9.84 Å². The van der Waals surface area contributed by atoms with Crippen LogP contribution in [0.25, 0.3) is 0 Å². The quantitative estimate of drug-likeness (QED) is 0.387. The van der Waals surface area contributed by atoms with E-state index in [9.17, 15) is 4.79 Å². The van der Waals surface area contributed by atoms with E-state index in [0.717, 1.165) is 12.7 Å². The SMILES string of the molecule is CCC(C)OC(=O)C(C)=CO. The van der Waals surface area contributed by atoms with Gasteiger partial charge in [-0.1, -0.05) is 6.92 Å². The summed E-state index contributed by atoms with van der Waals surface area (Å²) in [5, 5.41) is 8.43. The highest BCUT2D eigenvalue weighted by Gasteiger charge is 2.08. The fourth-order valence-electron chi connectivity index (χ4n) is 0.412. The van der Waals surface area contributed by atoms with Crippen molar-refractivity contribution in [1.29, 1.82) is 0 Å². The maximum atomic E-state index is 10.9. The van der Waals surface area contributed by atoms with Crippen LogP contribution in [0.4, 0.5) is 0 Å². The highest BCUT2D eigenvalue weighted by molar-refractivity contribution is 5.87. The number of carbonyl (C=O) groups is 1. The Bertz CT molecular complexity index is 161. The van der Waals surface area contributed by atoms with E-state index in [1.165, 1.54) is 6.92 Å². The van der Waals surface area contributed by atoms with Crippen LogP contribution < -0.4 is 0 Å². The van der Waals surface area contributed by atoms with Crippen molar-refractivity contribution in [2.24, 2.45) is 0 Å². The summed E-state index contributed by atoms with van der Waals surface area (Å²) in [6, 6.07) is 0. The number of rotatable bonds is 3. The molecule has 1 atom stereocenters. The van der Waals surface area contributed by atoms with Gasteiger partial charge in [-0.3, -0.25) is 0 Å². The fraction of sp³-hybridized carbons (Fsp3) is 0.625. The van der Waals surface area contributed by atoms with E-state index in [-0.39, 0.29) is 11.7 Å². The van der Waals surface area contributed by atoms with E-state index in [1.54, 1.807) is 0 Å². The fourth-order valence-corrected chi connectivity index (χ4v) is 0.412. The Hall–Kier alpha value is -0.990. The largest absolute Gasteiger partial charge is 0.515 e. The molecule has 0 radical (unpaired) electrons. The van der Waals surface area contributed by atoms with E-state index in [0.29, 0.717) is 0 Å². The highest BCUT2D eigenvalue weighted by atomic mass is 16.5. The molecule has 3 heteroatoms. The van der Waals surface area contributed by atoms with Gasteiger partial charge in [0, 0.05) is 0 Å². The zero-order valence-corrected chi connectivity index (χ0v) is 7.13. The molecule has 0 aromatic carbocycles. The zero-order chi connectivity index (χ0) is 8.85. The van der Waals surface area contributed by atoms with Crippen molar-refractivity contribution in [1.82, 2.24) is 0 Å². The Morgan fingerprint density at radius 1 is 1.73 bits per heavy atom. The third kappa shape index (κ3) is 3.65. The minimum atomic E-state index is -0.457. The van der Waals surface area contributed by atoms with Crippen LogP contribution in [0.15, 0.2) is 11.8 Å². The molecule has 0 aromatic rings. The topological polar surface area (TPSA) is 46.5 Å². The minimum Gasteiger partial charge on any atom is -0.515 e. The predicted octanol–water partition coefficient (Wildman–Crippen LogP) is 1.79. The van der Waals surface area contributed by atoms with Gasteiger partial charge in [-0.15, -0.1) is 0 Å². The second-order valence-corrected chi connectivity index (χ2v) is 2.44. The molecule has 1 unspecified atom stereocenters. The van der Waals surface area contributed by atoms with Crippen molar-refractivity contribution in [2.75, 3.05) is 0 Å². The smallest absolute Gasteiger partial charge is 0.337 e. The summed E-state index contributed by atoms with van der Waals surface area (Å²) < 4.78 is 4.88. The van der Waals surface area contributed by atoms with Crippen LogP contribution in [0.3, 0.4) is 0 Å². The lowest BCUT2D eigenvalue weighted by Crippen LogP contribution is -2.14. The zero-order valence-electron chi connectivity index (χ0n) is 7.13. The molecule has 0 spiro atoms. The van der Waals surface area contributed by atoms with Gasteiger partial charge in [-0.2, -0.15) is 0 Å². The van der Waals surface area contributed by atoms with Gasteiger partial charge in [0.15, 0.2) is 0 Å². The van der Waals surface area contributed by atoms with Crippen LogP contribution in [-0.2, 0) is 9.53 Å². The summed E-state index contributed by atoms with van der Waals surface area (Å²) in [6.07, 6.45) is 1.45. The Balaban J connectivity index is 3.88. The molecule has 0 saturated carbocycles. The van der Waals surface area contributed by atoms with Crippen molar-refractivity contribution in [2.45, 2.75) is 33.3 Å². The third-order valence-electron chi connectivity index (χ3n) is 1.40. The van der Waals surface area contributed by atoms with E-state index < -0.39 is 5.97 Å². The maximum Gasteiger partial charge on any atom is 0.337 e. The summed E-state index contributed by atoms with van der Waals surface area (Å²) >= 11 is 0. The molecule has 0 fully saturated rings. The van der Waals surface area contributed by atoms with E-state index >= 15 is 0 Å². The van der Waals surface area contributed by atoms with Crippen molar-refractivity contribution in [3.8, 4) is 0 Å². The average Bonchev–Trinajstić information content (AvgIpc) is 2.02. The molecule has 1 N–H and O–H groups in total. The average molecular weight is 158 g/mol. The lowest BCUT2D eigenvalue weighted by atomic mass is 10.3. The van der Waals surface area contributed by atoms with Gasteiger partial charge >= 0.3 is 5.97 Å². The molecule has 0 aliphatic heterocycles. The van der Waals surface area contributed by atoms with Crippen LogP contribution in [0.1, 0.15) is 27.2 Å². The first kappa shape index (κ1) is 10.0.